The zero-order chi connectivity index (χ0) is 30.0. The number of ether oxygens (including phenoxy) is 2. The van der Waals surface area contributed by atoms with E-state index in [0.717, 1.165) is 0 Å². The molecular formula is C25H32BNO13-. The van der Waals surface area contributed by atoms with Crippen LogP contribution >= 0.6 is 0 Å². The van der Waals surface area contributed by atoms with E-state index in [1.54, 1.807) is 6.92 Å². The van der Waals surface area contributed by atoms with Crippen molar-refractivity contribution in [1.29, 1.82) is 0 Å². The fourth-order valence-electron chi connectivity index (χ4n) is 4.07. The Hall–Kier alpha value is -4.14. The van der Waals surface area contributed by atoms with Crippen LogP contribution < -0.4 is 0 Å². The average Bonchev–Trinajstić information content (AvgIpc) is 3.25. The highest BCUT2D eigenvalue weighted by molar-refractivity contribution is 6.51. The van der Waals surface area contributed by atoms with E-state index in [2.05, 4.69) is 4.99 Å². The number of benzene rings is 1. The van der Waals surface area contributed by atoms with Crippen molar-refractivity contribution in [3.8, 4) is 5.75 Å². The number of rotatable bonds is 16. The number of hydrogen-bond donors (Lipinski definition) is 4. The predicted molar refractivity (Wildman–Crippen MR) is 137 cm³/mol. The first-order valence-corrected chi connectivity index (χ1v) is 12.6. The van der Waals surface area contributed by atoms with Crippen LogP contribution in [0, 0.1) is 5.92 Å². The first kappa shape index (κ1) is 32.1. The van der Waals surface area contributed by atoms with Crippen molar-refractivity contribution < 1.29 is 63.2 Å². The lowest BCUT2D eigenvalue weighted by atomic mass is 9.74. The third-order valence-electron chi connectivity index (χ3n) is 6.26. The topological polar surface area (TPSA) is 216 Å². The minimum absolute atomic E-state index is 0.134. The summed E-state index contributed by atoms with van der Waals surface area (Å²) < 4.78 is 21.0. The van der Waals surface area contributed by atoms with Gasteiger partial charge in [-0.1, -0.05) is 32.9 Å². The van der Waals surface area contributed by atoms with Crippen LogP contribution in [0.1, 0.15) is 68.8 Å². The van der Waals surface area contributed by atoms with Crippen molar-refractivity contribution >= 4 is 42.9 Å². The molecule has 0 bridgehead atoms. The summed E-state index contributed by atoms with van der Waals surface area (Å²) >= 11 is 0. The number of carbonyl (C=O) groups excluding carboxylic acids is 2. The van der Waals surface area contributed by atoms with Crippen molar-refractivity contribution in [2.24, 2.45) is 10.9 Å². The predicted octanol–water partition coefficient (Wildman–Crippen LogP) is 2.05. The minimum atomic E-state index is -2.67. The van der Waals surface area contributed by atoms with E-state index in [1.807, 2.05) is 13.8 Å². The van der Waals surface area contributed by atoms with Gasteiger partial charge in [0.05, 0.1) is 18.8 Å². The fourth-order valence-corrected chi connectivity index (χ4v) is 4.07. The molecule has 0 aromatic heterocycles. The zero-order valence-corrected chi connectivity index (χ0v) is 22.3. The molecule has 0 fully saturated rings. The minimum Gasteiger partial charge on any atom is -0.700 e. The average molecular weight is 565 g/mol. The van der Waals surface area contributed by atoms with E-state index >= 15 is 0 Å². The number of aliphatic carboxylic acids is 3. The largest absolute Gasteiger partial charge is 0.700 e. The zero-order valence-electron chi connectivity index (χ0n) is 22.3. The number of carboxylic acid groups (broad SMARTS) is 3. The van der Waals surface area contributed by atoms with Crippen molar-refractivity contribution in [2.45, 2.75) is 70.8 Å². The van der Waals surface area contributed by atoms with Crippen molar-refractivity contribution in [3.63, 3.8) is 0 Å². The lowest BCUT2D eigenvalue weighted by molar-refractivity contribution is -0.168. The third-order valence-corrected chi connectivity index (χ3v) is 6.26. The molecule has 1 atom stereocenters. The first-order valence-electron chi connectivity index (χ1n) is 12.6. The van der Waals surface area contributed by atoms with Gasteiger partial charge in [0.1, 0.15) is 22.8 Å². The Bertz CT molecular complexity index is 1130. The molecule has 40 heavy (non-hydrogen) atoms. The molecule has 1 aromatic carbocycles. The van der Waals surface area contributed by atoms with Crippen LogP contribution in [0.4, 0.5) is 0 Å². The molecule has 0 aliphatic carbocycles. The molecule has 0 amide bonds. The Balaban J connectivity index is 2.24. The first-order chi connectivity index (χ1) is 18.9. The molecule has 1 aliphatic rings. The number of aliphatic imine (C=N–C) groups is 1. The van der Waals surface area contributed by atoms with Gasteiger partial charge in [0.2, 0.25) is 13.9 Å². The number of phenolic OH excluding ortho intramolecular Hbond substituents is 1. The highest BCUT2D eigenvalue weighted by Crippen LogP contribution is 2.31. The Labute approximate surface area is 230 Å². The maximum absolute atomic E-state index is 12.5. The van der Waals surface area contributed by atoms with E-state index < -0.39 is 73.9 Å². The Morgan fingerprint density at radius 1 is 1.02 bits per heavy atom. The monoisotopic (exact) mass is 565 g/mol. The smallest absolute Gasteiger partial charge is 0.344 e. The van der Waals surface area contributed by atoms with Crippen LogP contribution in [0.2, 0.25) is 0 Å². The van der Waals surface area contributed by atoms with Crippen LogP contribution in [0.15, 0.2) is 23.2 Å². The summed E-state index contributed by atoms with van der Waals surface area (Å²) in [5, 5.41) is 39.0. The number of carbonyl (C=O) groups is 5. The maximum atomic E-state index is 12.5. The summed E-state index contributed by atoms with van der Waals surface area (Å²) in [6.45, 7) is 4.67. The SMILES string of the molecule is CCC1=N[C@@H](Cc2cccc(C(=O)OCOC(=O)C(CC)CC)c2O)[B-](OC(CC(=O)O)(CC(=O)O)C(=O)O)O1. The molecule has 4 N–H and O–H groups in total. The van der Waals surface area contributed by atoms with Crippen LogP contribution in [0.5, 0.6) is 5.75 Å². The second-order valence-electron chi connectivity index (χ2n) is 9.03. The molecule has 2 rings (SSSR count). The lowest BCUT2D eigenvalue weighted by Crippen LogP contribution is -2.52. The number of esters is 2. The van der Waals surface area contributed by atoms with Crippen molar-refractivity contribution in [3.05, 3.63) is 29.3 Å². The van der Waals surface area contributed by atoms with Gasteiger partial charge in [0.25, 0.3) is 0 Å². The van der Waals surface area contributed by atoms with Gasteiger partial charge in [0, 0.05) is 6.42 Å². The molecule has 1 heterocycles. The second kappa shape index (κ2) is 14.3. The standard InChI is InChI=1S/C25H32BNO13/c1-4-14(5-2)22(33)37-13-38-23(34)16-9-7-8-15(21(16)32)10-17-26(39-18(6-3)27-17)40-25(24(35)36,11-19(28)29)12-20(30)31/h7-9,14,17,32H,4-6,10-13H2,1-3H3,(H,28,29)(H,30,31)(H,35,36)/q-1/t17-/m0/s1. The van der Waals surface area contributed by atoms with E-state index in [4.69, 9.17) is 18.8 Å². The van der Waals surface area contributed by atoms with E-state index in [9.17, 15) is 44.4 Å². The van der Waals surface area contributed by atoms with Crippen molar-refractivity contribution in [2.75, 3.05) is 6.79 Å². The van der Waals surface area contributed by atoms with E-state index in [-0.39, 0.29) is 35.8 Å². The van der Waals surface area contributed by atoms with Crippen LogP contribution in [-0.4, -0.2) is 81.6 Å². The second-order valence-corrected chi connectivity index (χ2v) is 9.03. The normalized spacial score (nSPS) is 15.3. The number of phenols is 1. The highest BCUT2D eigenvalue weighted by atomic mass is 16.7. The van der Waals surface area contributed by atoms with Gasteiger partial charge in [-0.25, -0.2) is 9.59 Å². The molecular weight excluding hydrogens is 533 g/mol. The quantitative estimate of drug-likeness (QED) is 0.128. The molecule has 15 heteroatoms. The molecule has 219 valence electrons. The Kier molecular flexibility index (Phi) is 11.5. The molecule has 0 spiro atoms. The number of aromatic hydroxyl groups is 1. The van der Waals surface area contributed by atoms with Crippen LogP contribution in [0.25, 0.3) is 0 Å². The van der Waals surface area contributed by atoms with Crippen molar-refractivity contribution in [1.82, 2.24) is 0 Å². The molecule has 1 aliphatic heterocycles. The molecule has 0 saturated carbocycles. The number of hydrogen-bond acceptors (Lipinski definition) is 11. The molecule has 14 nitrogen and oxygen atoms in total. The van der Waals surface area contributed by atoms with E-state index in [0.29, 0.717) is 12.8 Å². The third kappa shape index (κ3) is 8.18. The summed E-state index contributed by atoms with van der Waals surface area (Å²) in [5.41, 5.74) is -2.76. The Morgan fingerprint density at radius 3 is 2.17 bits per heavy atom. The maximum Gasteiger partial charge on any atom is 0.344 e. The van der Waals surface area contributed by atoms with Gasteiger partial charge in [-0.15, -0.1) is 0 Å². The summed E-state index contributed by atoms with van der Waals surface area (Å²) in [4.78, 5) is 63.6. The summed E-state index contributed by atoms with van der Waals surface area (Å²) in [5.74, 6) is -8.25. The number of para-hydroxylation sites is 1. The van der Waals surface area contributed by atoms with Gasteiger partial charge >= 0.3 is 29.8 Å². The molecule has 0 saturated heterocycles. The van der Waals surface area contributed by atoms with Crippen LogP contribution in [0.3, 0.4) is 0 Å². The molecule has 1 radical (unpaired) electrons. The fraction of sp³-hybridized carbons (Fsp3) is 0.520. The van der Waals surface area contributed by atoms with Crippen LogP contribution in [-0.2, 0) is 44.4 Å². The molecule has 1 aromatic rings. The van der Waals surface area contributed by atoms with Gasteiger partial charge in [-0.3, -0.25) is 19.4 Å². The van der Waals surface area contributed by atoms with Gasteiger partial charge in [0.15, 0.2) is 0 Å². The van der Waals surface area contributed by atoms with Gasteiger partial charge in [-0.05, 0) is 36.8 Å². The molecule has 0 unspecified atom stereocenters. The summed E-state index contributed by atoms with van der Waals surface area (Å²) in [6.07, 6.45) is -1.13. The number of carboxylic acids is 3. The van der Waals surface area contributed by atoms with Gasteiger partial charge < -0.3 is 39.2 Å². The number of nitrogens with zero attached hydrogens (tertiary/aromatic N) is 1. The van der Waals surface area contributed by atoms with E-state index in [1.165, 1.54) is 18.2 Å². The Morgan fingerprint density at radius 2 is 1.65 bits per heavy atom. The van der Waals surface area contributed by atoms with Gasteiger partial charge in [-0.2, -0.15) is 0 Å². The summed E-state index contributed by atoms with van der Waals surface area (Å²) in [6, 6.07) is 4.17. The highest BCUT2D eigenvalue weighted by Gasteiger charge is 2.44. The summed E-state index contributed by atoms with van der Waals surface area (Å²) in [7, 11) is -1.51. The lowest BCUT2D eigenvalue weighted by Gasteiger charge is -2.39.